The Morgan fingerprint density at radius 1 is 1.27 bits per heavy atom. The number of aryl methyl sites for hydroxylation is 1. The van der Waals surface area contributed by atoms with Gasteiger partial charge in [-0.05, 0) is 38.1 Å². The summed E-state index contributed by atoms with van der Waals surface area (Å²) in [6, 6.07) is 3.49. The van der Waals surface area contributed by atoms with Gasteiger partial charge in [0.25, 0.3) is 5.91 Å². The summed E-state index contributed by atoms with van der Waals surface area (Å²) in [6.45, 7) is 4.33. The second-order valence-corrected chi connectivity index (χ2v) is 8.13. The number of nitrogens with zero attached hydrogens (tertiary/aromatic N) is 3. The molecule has 1 fully saturated rings. The SMILES string of the molecule is Cc1nn(C(=O)c2cccs2)c(C)c1S(=O)(=O)N1CCCC1. The van der Waals surface area contributed by atoms with Crippen molar-refractivity contribution in [1.29, 1.82) is 0 Å². The van der Waals surface area contributed by atoms with Gasteiger partial charge in [0, 0.05) is 13.1 Å². The van der Waals surface area contributed by atoms with E-state index in [1.165, 1.54) is 20.3 Å². The number of carbonyl (C=O) groups is 1. The van der Waals surface area contributed by atoms with Crippen LogP contribution in [0.3, 0.4) is 0 Å². The molecule has 0 unspecified atom stereocenters. The van der Waals surface area contributed by atoms with E-state index >= 15 is 0 Å². The molecule has 2 aromatic rings. The summed E-state index contributed by atoms with van der Waals surface area (Å²) in [6.07, 6.45) is 1.75. The molecule has 1 aliphatic rings. The summed E-state index contributed by atoms with van der Waals surface area (Å²) in [5, 5.41) is 5.98. The van der Waals surface area contributed by atoms with Crippen molar-refractivity contribution < 1.29 is 13.2 Å². The Balaban J connectivity index is 2.06. The predicted octanol–water partition coefficient (Wildman–Crippen LogP) is 2.03. The third kappa shape index (κ3) is 2.41. The Hall–Kier alpha value is -1.51. The van der Waals surface area contributed by atoms with Crippen molar-refractivity contribution >= 4 is 27.3 Å². The Kier molecular flexibility index (Phi) is 3.92. The van der Waals surface area contributed by atoms with E-state index in [1.807, 2.05) is 0 Å². The molecule has 1 aliphatic heterocycles. The molecular weight excluding hydrogens is 322 g/mol. The highest BCUT2D eigenvalue weighted by Gasteiger charge is 2.33. The number of hydrogen-bond acceptors (Lipinski definition) is 5. The Morgan fingerprint density at radius 2 is 1.95 bits per heavy atom. The number of sulfonamides is 1. The monoisotopic (exact) mass is 339 g/mol. The van der Waals surface area contributed by atoms with Crippen LogP contribution in [0.4, 0.5) is 0 Å². The summed E-state index contributed by atoms with van der Waals surface area (Å²) in [7, 11) is -3.58. The fourth-order valence-electron chi connectivity index (χ4n) is 2.76. The minimum Gasteiger partial charge on any atom is -0.266 e. The molecule has 6 nitrogen and oxygen atoms in total. The van der Waals surface area contributed by atoms with Crippen molar-refractivity contribution in [2.24, 2.45) is 0 Å². The van der Waals surface area contributed by atoms with Gasteiger partial charge in [0.15, 0.2) is 0 Å². The lowest BCUT2D eigenvalue weighted by molar-refractivity contribution is 0.0946. The topological polar surface area (TPSA) is 72.3 Å². The van der Waals surface area contributed by atoms with Gasteiger partial charge in [0.1, 0.15) is 4.90 Å². The van der Waals surface area contributed by atoms with E-state index in [9.17, 15) is 13.2 Å². The first-order valence-corrected chi connectivity index (χ1v) is 9.39. The van der Waals surface area contributed by atoms with Crippen LogP contribution < -0.4 is 0 Å². The van der Waals surface area contributed by atoms with Gasteiger partial charge in [-0.15, -0.1) is 11.3 Å². The molecular formula is C14H17N3O3S2. The van der Waals surface area contributed by atoms with E-state index in [0.29, 0.717) is 29.4 Å². The molecule has 0 aliphatic carbocycles. The van der Waals surface area contributed by atoms with Gasteiger partial charge >= 0.3 is 0 Å². The number of hydrogen-bond donors (Lipinski definition) is 0. The van der Waals surface area contributed by atoms with E-state index in [2.05, 4.69) is 5.10 Å². The quantitative estimate of drug-likeness (QED) is 0.858. The van der Waals surface area contributed by atoms with Crippen LogP contribution in [0.25, 0.3) is 0 Å². The molecule has 3 rings (SSSR count). The van der Waals surface area contributed by atoms with Gasteiger partial charge < -0.3 is 0 Å². The van der Waals surface area contributed by atoms with Crippen LogP contribution in [0.15, 0.2) is 22.4 Å². The molecule has 2 aromatic heterocycles. The maximum atomic E-state index is 12.8. The normalized spacial score (nSPS) is 16.3. The van der Waals surface area contributed by atoms with Gasteiger partial charge in [0.2, 0.25) is 10.0 Å². The molecule has 8 heteroatoms. The Bertz CT molecular complexity index is 801. The lowest BCUT2D eigenvalue weighted by Gasteiger charge is -2.15. The molecule has 0 bridgehead atoms. The van der Waals surface area contributed by atoms with Crippen LogP contribution in [0.1, 0.15) is 33.9 Å². The average Bonchev–Trinajstić information content (AvgIpc) is 3.19. The van der Waals surface area contributed by atoms with Gasteiger partial charge in [-0.1, -0.05) is 6.07 Å². The highest BCUT2D eigenvalue weighted by molar-refractivity contribution is 7.89. The first kappa shape index (κ1) is 15.4. The zero-order valence-corrected chi connectivity index (χ0v) is 14.1. The van der Waals surface area contributed by atoms with Crippen LogP contribution in [0.5, 0.6) is 0 Å². The van der Waals surface area contributed by atoms with Crippen molar-refractivity contribution in [3.63, 3.8) is 0 Å². The fourth-order valence-corrected chi connectivity index (χ4v) is 5.28. The van der Waals surface area contributed by atoms with E-state index < -0.39 is 10.0 Å². The zero-order valence-electron chi connectivity index (χ0n) is 12.4. The van der Waals surface area contributed by atoms with Crippen LogP contribution in [-0.2, 0) is 10.0 Å². The molecule has 0 saturated carbocycles. The molecule has 0 atom stereocenters. The van der Waals surface area contributed by atoms with Gasteiger partial charge in [0.05, 0.1) is 16.3 Å². The molecule has 22 heavy (non-hydrogen) atoms. The first-order chi connectivity index (χ1) is 10.4. The van der Waals surface area contributed by atoms with E-state index in [0.717, 1.165) is 12.8 Å². The summed E-state index contributed by atoms with van der Waals surface area (Å²) >= 11 is 1.31. The smallest absolute Gasteiger partial charge is 0.266 e. The molecule has 1 saturated heterocycles. The summed E-state index contributed by atoms with van der Waals surface area (Å²) < 4.78 is 28.2. The predicted molar refractivity (Wildman–Crippen MR) is 83.7 cm³/mol. The molecule has 0 N–H and O–H groups in total. The Morgan fingerprint density at radius 3 is 2.55 bits per heavy atom. The molecule has 118 valence electrons. The van der Waals surface area contributed by atoms with E-state index in [4.69, 9.17) is 0 Å². The largest absolute Gasteiger partial charge is 0.288 e. The van der Waals surface area contributed by atoms with Crippen molar-refractivity contribution in [2.75, 3.05) is 13.1 Å². The standard InChI is InChI=1S/C14H17N3O3S2/c1-10-13(22(19,20)16-7-3-4-8-16)11(2)17(15-10)14(18)12-6-5-9-21-12/h5-6,9H,3-4,7-8H2,1-2H3. The fraction of sp³-hybridized carbons (Fsp3) is 0.429. The van der Waals surface area contributed by atoms with Crippen LogP contribution >= 0.6 is 11.3 Å². The maximum absolute atomic E-state index is 12.8. The molecule has 0 spiro atoms. The zero-order chi connectivity index (χ0) is 15.9. The second kappa shape index (κ2) is 5.60. The summed E-state index contributed by atoms with van der Waals surface area (Å²) in [5.41, 5.74) is 0.747. The van der Waals surface area contributed by atoms with Gasteiger partial charge in [-0.3, -0.25) is 4.79 Å². The summed E-state index contributed by atoms with van der Waals surface area (Å²) in [4.78, 5) is 13.1. The number of rotatable bonds is 3. The maximum Gasteiger partial charge on any atom is 0.288 e. The minimum atomic E-state index is -3.58. The number of aromatic nitrogens is 2. The highest BCUT2D eigenvalue weighted by Crippen LogP contribution is 2.27. The molecule has 0 radical (unpaired) electrons. The van der Waals surface area contributed by atoms with Crippen molar-refractivity contribution in [3.8, 4) is 0 Å². The van der Waals surface area contributed by atoms with E-state index in [-0.39, 0.29) is 10.8 Å². The van der Waals surface area contributed by atoms with Crippen molar-refractivity contribution in [1.82, 2.24) is 14.1 Å². The molecule has 0 aromatic carbocycles. The number of carbonyl (C=O) groups excluding carboxylic acids is 1. The third-order valence-corrected chi connectivity index (χ3v) is 6.82. The second-order valence-electron chi connectivity index (χ2n) is 5.31. The third-order valence-electron chi connectivity index (χ3n) is 3.81. The average molecular weight is 339 g/mol. The van der Waals surface area contributed by atoms with Crippen molar-refractivity contribution in [2.45, 2.75) is 31.6 Å². The Labute approximate surface area is 133 Å². The first-order valence-electron chi connectivity index (χ1n) is 7.07. The minimum absolute atomic E-state index is 0.166. The summed E-state index contributed by atoms with van der Waals surface area (Å²) in [5.74, 6) is -0.293. The lowest BCUT2D eigenvalue weighted by Crippen LogP contribution is -2.28. The highest BCUT2D eigenvalue weighted by atomic mass is 32.2. The van der Waals surface area contributed by atoms with Gasteiger partial charge in [-0.25, -0.2) is 8.42 Å². The molecule has 3 heterocycles. The molecule has 0 amide bonds. The number of thiophene rings is 1. The van der Waals surface area contributed by atoms with Crippen LogP contribution in [0, 0.1) is 13.8 Å². The van der Waals surface area contributed by atoms with Crippen molar-refractivity contribution in [3.05, 3.63) is 33.8 Å². The van der Waals surface area contributed by atoms with Crippen LogP contribution in [0.2, 0.25) is 0 Å². The lowest BCUT2D eigenvalue weighted by atomic mass is 10.4. The van der Waals surface area contributed by atoms with Gasteiger partial charge in [-0.2, -0.15) is 14.1 Å². The van der Waals surface area contributed by atoms with E-state index in [1.54, 1.807) is 31.4 Å². The van der Waals surface area contributed by atoms with Crippen LogP contribution in [-0.4, -0.2) is 41.5 Å².